The van der Waals surface area contributed by atoms with Crippen molar-refractivity contribution in [2.45, 2.75) is 53.4 Å². The molecule has 0 bridgehead atoms. The molecule has 1 aliphatic carbocycles. The van der Waals surface area contributed by atoms with E-state index < -0.39 is 11.4 Å². The molecule has 1 N–H and O–H groups in total. The smallest absolute Gasteiger partial charge is 0.303 e. The van der Waals surface area contributed by atoms with Gasteiger partial charge < -0.3 is 5.11 Å². The molecule has 2 atom stereocenters. The Hall–Kier alpha value is -1.12. The van der Waals surface area contributed by atoms with Gasteiger partial charge in [0, 0.05) is 18.3 Å². The van der Waals surface area contributed by atoms with Crippen LogP contribution >= 0.6 is 0 Å². The highest BCUT2D eigenvalue weighted by atomic mass is 16.4. The van der Waals surface area contributed by atoms with E-state index in [1.165, 1.54) is 11.1 Å². The second kappa shape index (κ2) is 5.03. The van der Waals surface area contributed by atoms with E-state index in [9.17, 15) is 9.59 Å². The molecule has 0 aromatic carbocycles. The highest BCUT2D eigenvalue weighted by Crippen LogP contribution is 2.43. The number of ketones is 1. The normalized spacial score (nSPS) is 26.8. The third-order valence-corrected chi connectivity index (χ3v) is 4.15. The van der Waals surface area contributed by atoms with Gasteiger partial charge in [-0.3, -0.25) is 9.59 Å². The van der Waals surface area contributed by atoms with Gasteiger partial charge in [-0.1, -0.05) is 25.0 Å². The summed E-state index contributed by atoms with van der Waals surface area (Å²) in [5.74, 6) is -0.714. The molecule has 3 nitrogen and oxygen atoms in total. The van der Waals surface area contributed by atoms with Crippen LogP contribution in [0.25, 0.3) is 0 Å². The lowest BCUT2D eigenvalue weighted by molar-refractivity contribution is -0.141. The van der Waals surface area contributed by atoms with Crippen LogP contribution in [0.15, 0.2) is 11.1 Å². The lowest BCUT2D eigenvalue weighted by atomic mass is 9.64. The highest BCUT2D eigenvalue weighted by molar-refractivity contribution is 5.87. The molecule has 0 unspecified atom stereocenters. The molecule has 3 heteroatoms. The Bertz CT molecular complexity index is 364. The summed E-state index contributed by atoms with van der Waals surface area (Å²) < 4.78 is 0. The van der Waals surface area contributed by atoms with Crippen LogP contribution in [-0.4, -0.2) is 16.9 Å². The topological polar surface area (TPSA) is 54.4 Å². The molecule has 0 heterocycles. The summed E-state index contributed by atoms with van der Waals surface area (Å²) in [4.78, 5) is 22.9. The summed E-state index contributed by atoms with van der Waals surface area (Å²) >= 11 is 0. The second-order valence-electron chi connectivity index (χ2n) is 5.62. The Kier molecular flexibility index (Phi) is 4.12. The summed E-state index contributed by atoms with van der Waals surface area (Å²) in [6.45, 7) is 7.92. The van der Waals surface area contributed by atoms with Gasteiger partial charge in [0.25, 0.3) is 0 Å². The molecule has 96 valence electrons. The molecule has 1 fully saturated rings. The van der Waals surface area contributed by atoms with Gasteiger partial charge in [-0.2, -0.15) is 0 Å². The molecule has 0 aromatic heterocycles. The Labute approximate surface area is 103 Å². The largest absolute Gasteiger partial charge is 0.481 e. The quantitative estimate of drug-likeness (QED) is 0.768. The number of aliphatic carboxylic acids is 1. The van der Waals surface area contributed by atoms with Crippen LogP contribution in [0, 0.1) is 11.3 Å². The third-order valence-electron chi connectivity index (χ3n) is 4.15. The number of hydrogen-bond donors (Lipinski definition) is 1. The average molecular weight is 238 g/mol. The minimum absolute atomic E-state index is 0.0677. The summed E-state index contributed by atoms with van der Waals surface area (Å²) in [5.41, 5.74) is 2.10. The van der Waals surface area contributed by atoms with Gasteiger partial charge in [0.15, 0.2) is 0 Å². The van der Waals surface area contributed by atoms with Gasteiger partial charge in [0.1, 0.15) is 5.78 Å². The minimum atomic E-state index is -0.823. The first kappa shape index (κ1) is 13.9. The molecule has 0 saturated heterocycles. The number of carboxylic acids is 1. The molecule has 0 amide bonds. The Balaban J connectivity index is 2.94. The van der Waals surface area contributed by atoms with Crippen molar-refractivity contribution in [3.05, 3.63) is 11.1 Å². The maximum atomic E-state index is 12.1. The predicted molar refractivity (Wildman–Crippen MR) is 66.8 cm³/mol. The van der Waals surface area contributed by atoms with Crippen molar-refractivity contribution in [1.82, 2.24) is 0 Å². The Morgan fingerprint density at radius 2 is 2.00 bits per heavy atom. The van der Waals surface area contributed by atoms with Gasteiger partial charge in [-0.15, -0.1) is 0 Å². The van der Waals surface area contributed by atoms with Gasteiger partial charge in [0.2, 0.25) is 0 Å². The second-order valence-corrected chi connectivity index (χ2v) is 5.62. The summed E-state index contributed by atoms with van der Waals surface area (Å²) in [5, 5.41) is 8.87. The molecule has 17 heavy (non-hydrogen) atoms. The molecular formula is C14H22O3. The van der Waals surface area contributed by atoms with Crippen LogP contribution in [0.5, 0.6) is 0 Å². The molecule has 1 rings (SSSR count). The molecular weight excluding hydrogens is 216 g/mol. The van der Waals surface area contributed by atoms with Crippen LogP contribution < -0.4 is 0 Å². The van der Waals surface area contributed by atoms with E-state index in [1.807, 2.05) is 13.8 Å². The standard InChI is InChI=1S/C14H22O3/c1-9(2)11-5-6-12(15)14(4,8-11)10(3)7-13(16)17/h10H,5-8H2,1-4H3,(H,16,17)/t10-,14+/m1/s1. The van der Waals surface area contributed by atoms with Crippen molar-refractivity contribution in [3.63, 3.8) is 0 Å². The van der Waals surface area contributed by atoms with Crippen LogP contribution in [0.4, 0.5) is 0 Å². The number of hydrogen-bond acceptors (Lipinski definition) is 2. The number of carbonyl (C=O) groups excluding carboxylic acids is 1. The van der Waals surface area contributed by atoms with Crippen molar-refractivity contribution in [3.8, 4) is 0 Å². The van der Waals surface area contributed by atoms with E-state index in [-0.39, 0.29) is 18.1 Å². The first-order chi connectivity index (χ1) is 7.77. The zero-order valence-corrected chi connectivity index (χ0v) is 11.2. The van der Waals surface area contributed by atoms with Crippen molar-refractivity contribution in [1.29, 1.82) is 0 Å². The van der Waals surface area contributed by atoms with E-state index in [1.54, 1.807) is 0 Å². The van der Waals surface area contributed by atoms with Crippen LogP contribution in [0.1, 0.15) is 53.4 Å². The van der Waals surface area contributed by atoms with E-state index in [2.05, 4.69) is 13.8 Å². The monoisotopic (exact) mass is 238 g/mol. The fourth-order valence-corrected chi connectivity index (χ4v) is 2.54. The SMILES string of the molecule is CC(C)=C1CCC(=O)[C@](C)([C@H](C)CC(=O)O)C1. The zero-order valence-electron chi connectivity index (χ0n) is 11.2. The van der Waals surface area contributed by atoms with Crippen molar-refractivity contribution < 1.29 is 14.7 Å². The number of carbonyl (C=O) groups is 2. The number of rotatable bonds is 3. The Morgan fingerprint density at radius 1 is 1.41 bits per heavy atom. The maximum Gasteiger partial charge on any atom is 0.303 e. The summed E-state index contributed by atoms with van der Waals surface area (Å²) in [7, 11) is 0. The molecule has 1 saturated carbocycles. The lowest BCUT2D eigenvalue weighted by Gasteiger charge is -2.38. The molecule has 1 aliphatic rings. The van der Waals surface area contributed by atoms with Crippen LogP contribution in [0.2, 0.25) is 0 Å². The van der Waals surface area contributed by atoms with E-state index in [0.29, 0.717) is 6.42 Å². The molecule has 0 aromatic rings. The number of allylic oxidation sites excluding steroid dienone is 2. The summed E-state index contributed by atoms with van der Waals surface area (Å²) in [6, 6.07) is 0. The first-order valence-corrected chi connectivity index (χ1v) is 6.17. The minimum Gasteiger partial charge on any atom is -0.481 e. The van der Waals surface area contributed by atoms with Gasteiger partial charge in [-0.05, 0) is 32.6 Å². The highest BCUT2D eigenvalue weighted by Gasteiger charge is 2.42. The molecule has 0 radical (unpaired) electrons. The first-order valence-electron chi connectivity index (χ1n) is 6.17. The fraction of sp³-hybridized carbons (Fsp3) is 0.714. The third kappa shape index (κ3) is 2.96. The molecule has 0 aliphatic heterocycles. The van der Waals surface area contributed by atoms with Crippen LogP contribution in [0.3, 0.4) is 0 Å². The predicted octanol–water partition coefficient (Wildman–Crippen LogP) is 3.19. The van der Waals surface area contributed by atoms with E-state index >= 15 is 0 Å². The van der Waals surface area contributed by atoms with Gasteiger partial charge in [-0.25, -0.2) is 0 Å². The number of Topliss-reactive ketones (excluding diaryl/α,β-unsaturated/α-hetero) is 1. The van der Waals surface area contributed by atoms with Gasteiger partial charge in [0.05, 0.1) is 0 Å². The zero-order chi connectivity index (χ0) is 13.2. The van der Waals surface area contributed by atoms with E-state index in [4.69, 9.17) is 5.11 Å². The fourth-order valence-electron chi connectivity index (χ4n) is 2.54. The van der Waals surface area contributed by atoms with Crippen molar-refractivity contribution in [2.75, 3.05) is 0 Å². The lowest BCUT2D eigenvalue weighted by Crippen LogP contribution is -2.39. The summed E-state index contributed by atoms with van der Waals surface area (Å²) in [6.07, 6.45) is 2.19. The molecule has 0 spiro atoms. The Morgan fingerprint density at radius 3 is 2.47 bits per heavy atom. The number of carboxylic acid groups (broad SMARTS) is 1. The van der Waals surface area contributed by atoms with Crippen LogP contribution in [-0.2, 0) is 9.59 Å². The van der Waals surface area contributed by atoms with Crippen molar-refractivity contribution in [2.24, 2.45) is 11.3 Å². The maximum absolute atomic E-state index is 12.1. The average Bonchev–Trinajstić information content (AvgIpc) is 2.20. The van der Waals surface area contributed by atoms with E-state index in [0.717, 1.165) is 12.8 Å². The van der Waals surface area contributed by atoms with Gasteiger partial charge >= 0.3 is 5.97 Å². The van der Waals surface area contributed by atoms with Crippen molar-refractivity contribution >= 4 is 11.8 Å².